The van der Waals surface area contributed by atoms with Gasteiger partial charge in [-0.15, -0.1) is 0 Å². The number of amides is 2. The predicted octanol–water partition coefficient (Wildman–Crippen LogP) is 5.00. The van der Waals surface area contributed by atoms with Gasteiger partial charge in [-0.3, -0.25) is 9.59 Å². The number of carbonyl (C=O) groups is 2. The Kier molecular flexibility index (Phi) is 5.86. The fourth-order valence-electron chi connectivity index (χ4n) is 2.27. The van der Waals surface area contributed by atoms with E-state index in [1.54, 1.807) is 12.1 Å². The molecule has 2 N–H and O–H groups in total. The van der Waals surface area contributed by atoms with Crippen molar-refractivity contribution in [2.24, 2.45) is 0 Å². The molecule has 0 spiro atoms. The van der Waals surface area contributed by atoms with Gasteiger partial charge in [0.05, 0.1) is 10.0 Å². The Morgan fingerprint density at radius 2 is 1.62 bits per heavy atom. The number of halogens is 2. The number of hydrogen-bond donors (Lipinski definition) is 2. The second-order valence-electron chi connectivity index (χ2n) is 5.73. The molecule has 0 unspecified atom stereocenters. The van der Waals surface area contributed by atoms with Crippen molar-refractivity contribution < 1.29 is 9.59 Å². The first-order valence-electron chi connectivity index (χ1n) is 7.46. The molecule has 6 heteroatoms. The van der Waals surface area contributed by atoms with E-state index in [0.717, 1.165) is 11.1 Å². The zero-order valence-corrected chi connectivity index (χ0v) is 15.1. The third-order valence-electron chi connectivity index (χ3n) is 3.55. The van der Waals surface area contributed by atoms with E-state index >= 15 is 0 Å². The maximum atomic E-state index is 12.2. The Hall–Kier alpha value is -2.04. The molecule has 0 bridgehead atoms. The maximum Gasteiger partial charge on any atom is 0.314 e. The highest BCUT2D eigenvalue weighted by molar-refractivity contribution is 6.44. The van der Waals surface area contributed by atoms with Gasteiger partial charge in [0.25, 0.3) is 0 Å². The van der Waals surface area contributed by atoms with Gasteiger partial charge in [0.1, 0.15) is 0 Å². The summed E-state index contributed by atoms with van der Waals surface area (Å²) in [5.41, 5.74) is 2.95. The molecular formula is C18H18Cl2N2O2. The fourth-order valence-corrected chi connectivity index (χ4v) is 2.57. The van der Waals surface area contributed by atoms with Crippen LogP contribution in [0.2, 0.25) is 10.0 Å². The van der Waals surface area contributed by atoms with Gasteiger partial charge in [-0.1, -0.05) is 55.2 Å². The zero-order valence-electron chi connectivity index (χ0n) is 13.6. The molecular weight excluding hydrogens is 347 g/mol. The molecule has 0 aliphatic carbocycles. The van der Waals surface area contributed by atoms with Crippen molar-refractivity contribution in [3.8, 4) is 0 Å². The summed E-state index contributed by atoms with van der Waals surface area (Å²) in [6.07, 6.45) is 0. The van der Waals surface area contributed by atoms with E-state index in [9.17, 15) is 9.59 Å². The van der Waals surface area contributed by atoms with Crippen LogP contribution in [0.1, 0.15) is 30.9 Å². The highest BCUT2D eigenvalue weighted by Gasteiger charge is 2.18. The van der Waals surface area contributed by atoms with Crippen LogP contribution in [0.15, 0.2) is 36.4 Å². The zero-order chi connectivity index (χ0) is 17.9. The van der Waals surface area contributed by atoms with Crippen LogP contribution < -0.4 is 10.6 Å². The van der Waals surface area contributed by atoms with Crippen LogP contribution in [-0.4, -0.2) is 11.8 Å². The van der Waals surface area contributed by atoms with Crippen LogP contribution >= 0.6 is 23.2 Å². The Balaban J connectivity index is 2.15. The minimum absolute atomic E-state index is 0.221. The average Bonchev–Trinajstić information content (AvgIpc) is 2.52. The van der Waals surface area contributed by atoms with Gasteiger partial charge in [0.2, 0.25) is 0 Å². The normalized spacial score (nSPS) is 10.6. The molecule has 24 heavy (non-hydrogen) atoms. The van der Waals surface area contributed by atoms with Crippen molar-refractivity contribution in [1.29, 1.82) is 0 Å². The van der Waals surface area contributed by atoms with E-state index in [1.165, 1.54) is 6.07 Å². The van der Waals surface area contributed by atoms with Crippen molar-refractivity contribution in [2.45, 2.75) is 26.7 Å². The summed E-state index contributed by atoms with van der Waals surface area (Å²) in [6, 6.07) is 10.4. The largest absolute Gasteiger partial charge is 0.318 e. The monoisotopic (exact) mass is 364 g/mol. The van der Waals surface area contributed by atoms with Gasteiger partial charge < -0.3 is 10.6 Å². The molecule has 0 radical (unpaired) electrons. The van der Waals surface area contributed by atoms with Gasteiger partial charge in [0.15, 0.2) is 0 Å². The highest BCUT2D eigenvalue weighted by Crippen LogP contribution is 2.28. The van der Waals surface area contributed by atoms with Gasteiger partial charge in [-0.2, -0.15) is 0 Å². The molecule has 0 saturated carbocycles. The van der Waals surface area contributed by atoms with Gasteiger partial charge >= 0.3 is 11.8 Å². The topological polar surface area (TPSA) is 58.2 Å². The molecule has 0 aliphatic rings. The summed E-state index contributed by atoms with van der Waals surface area (Å²) in [6.45, 7) is 5.94. The first kappa shape index (κ1) is 18.3. The molecule has 0 fully saturated rings. The smallest absolute Gasteiger partial charge is 0.314 e. The number of aryl methyl sites for hydroxylation is 1. The van der Waals surface area contributed by atoms with Crippen LogP contribution in [0, 0.1) is 6.92 Å². The Bertz CT molecular complexity index is 789. The van der Waals surface area contributed by atoms with E-state index in [2.05, 4.69) is 10.6 Å². The van der Waals surface area contributed by atoms with E-state index in [4.69, 9.17) is 23.2 Å². The Morgan fingerprint density at radius 1 is 0.958 bits per heavy atom. The van der Waals surface area contributed by atoms with Gasteiger partial charge in [0, 0.05) is 11.4 Å². The van der Waals surface area contributed by atoms with Crippen molar-refractivity contribution in [3.05, 3.63) is 57.6 Å². The molecule has 0 aromatic heterocycles. The molecule has 0 aliphatic heterocycles. The quantitative estimate of drug-likeness (QED) is 0.752. The molecule has 4 nitrogen and oxygen atoms in total. The Morgan fingerprint density at radius 3 is 2.25 bits per heavy atom. The third kappa shape index (κ3) is 4.28. The molecule has 0 heterocycles. The van der Waals surface area contributed by atoms with E-state index in [0.29, 0.717) is 21.4 Å². The second-order valence-corrected chi connectivity index (χ2v) is 6.55. The van der Waals surface area contributed by atoms with Crippen molar-refractivity contribution >= 4 is 46.4 Å². The molecule has 126 valence electrons. The number of carbonyl (C=O) groups excluding carboxylic acids is 2. The predicted molar refractivity (Wildman–Crippen MR) is 99.0 cm³/mol. The summed E-state index contributed by atoms with van der Waals surface area (Å²) < 4.78 is 0. The molecule has 2 aromatic rings. The lowest BCUT2D eigenvalue weighted by Gasteiger charge is -2.16. The molecule has 0 atom stereocenters. The van der Waals surface area contributed by atoms with Crippen molar-refractivity contribution in [2.75, 3.05) is 10.6 Å². The molecule has 2 rings (SSSR count). The number of rotatable bonds is 3. The minimum atomic E-state index is -0.772. The minimum Gasteiger partial charge on any atom is -0.318 e. The van der Waals surface area contributed by atoms with E-state index in [-0.39, 0.29) is 5.92 Å². The summed E-state index contributed by atoms with van der Waals surface area (Å²) in [4.78, 5) is 24.3. The number of para-hydroxylation sites is 1. The maximum absolute atomic E-state index is 12.2. The third-order valence-corrected chi connectivity index (χ3v) is 4.29. The molecule has 2 aromatic carbocycles. The second kappa shape index (κ2) is 7.69. The number of anilines is 2. The standard InChI is InChI=1S/C18H18Cl2N2O2/c1-10(2)13-6-4-5-11(3)16(13)22-18(24)17(23)21-12-7-8-14(19)15(20)9-12/h4-10H,1-3H3,(H,21,23)(H,22,24). The van der Waals surface area contributed by atoms with Crippen molar-refractivity contribution in [1.82, 2.24) is 0 Å². The summed E-state index contributed by atoms with van der Waals surface area (Å²) in [5, 5.41) is 5.88. The van der Waals surface area contributed by atoms with Crippen LogP contribution in [0.5, 0.6) is 0 Å². The number of hydrogen-bond acceptors (Lipinski definition) is 2. The lowest BCUT2D eigenvalue weighted by atomic mass is 9.98. The highest BCUT2D eigenvalue weighted by atomic mass is 35.5. The average molecular weight is 365 g/mol. The summed E-state index contributed by atoms with van der Waals surface area (Å²) >= 11 is 11.7. The first-order chi connectivity index (χ1) is 11.3. The Labute approximate surface area is 151 Å². The fraction of sp³-hybridized carbons (Fsp3) is 0.222. The first-order valence-corrected chi connectivity index (χ1v) is 8.22. The number of nitrogens with one attached hydrogen (secondary N) is 2. The molecule has 0 saturated heterocycles. The van der Waals surface area contributed by atoms with Crippen LogP contribution in [0.3, 0.4) is 0 Å². The van der Waals surface area contributed by atoms with Gasteiger partial charge in [-0.25, -0.2) is 0 Å². The van der Waals surface area contributed by atoms with Crippen LogP contribution in [0.4, 0.5) is 11.4 Å². The summed E-state index contributed by atoms with van der Waals surface area (Å²) in [7, 11) is 0. The lowest BCUT2D eigenvalue weighted by molar-refractivity contribution is -0.133. The number of benzene rings is 2. The lowest BCUT2D eigenvalue weighted by Crippen LogP contribution is -2.29. The van der Waals surface area contributed by atoms with Crippen molar-refractivity contribution in [3.63, 3.8) is 0 Å². The van der Waals surface area contributed by atoms with Gasteiger partial charge in [-0.05, 0) is 42.2 Å². The van der Waals surface area contributed by atoms with E-state index in [1.807, 2.05) is 39.0 Å². The summed E-state index contributed by atoms with van der Waals surface area (Å²) in [5.74, 6) is -1.29. The SMILES string of the molecule is Cc1cccc(C(C)C)c1NC(=O)C(=O)Nc1ccc(Cl)c(Cl)c1. The van der Waals surface area contributed by atoms with Crippen LogP contribution in [-0.2, 0) is 9.59 Å². The van der Waals surface area contributed by atoms with Crippen LogP contribution in [0.25, 0.3) is 0 Å². The molecule has 2 amide bonds. The van der Waals surface area contributed by atoms with E-state index < -0.39 is 11.8 Å².